The maximum absolute atomic E-state index is 13.2. The van der Waals surface area contributed by atoms with Crippen LogP contribution in [0, 0.1) is 0 Å². The summed E-state index contributed by atoms with van der Waals surface area (Å²) in [5.41, 5.74) is 2.32. The molecule has 3 aromatic rings. The van der Waals surface area contributed by atoms with Crippen molar-refractivity contribution in [2.24, 2.45) is 0 Å². The number of carbonyl (C=O) groups is 1. The maximum Gasteiger partial charge on any atom is 0.258 e. The van der Waals surface area contributed by atoms with Crippen molar-refractivity contribution in [3.63, 3.8) is 0 Å². The number of halogens is 1. The lowest BCUT2D eigenvalue weighted by Crippen LogP contribution is -2.42. The Morgan fingerprint density at radius 2 is 2.04 bits per heavy atom. The van der Waals surface area contributed by atoms with E-state index in [0.29, 0.717) is 17.9 Å². The van der Waals surface area contributed by atoms with E-state index in [1.54, 1.807) is 18.3 Å². The molecule has 1 aliphatic heterocycles. The van der Waals surface area contributed by atoms with Crippen molar-refractivity contribution in [2.45, 2.75) is 12.7 Å². The predicted molar refractivity (Wildman–Crippen MR) is 102 cm³/mol. The van der Waals surface area contributed by atoms with Crippen molar-refractivity contribution in [3.8, 4) is 5.75 Å². The highest BCUT2D eigenvalue weighted by molar-refractivity contribution is 9.10. The molecule has 1 aromatic heterocycles. The van der Waals surface area contributed by atoms with E-state index in [1.807, 2.05) is 54.6 Å². The number of amides is 1. The van der Waals surface area contributed by atoms with Gasteiger partial charge in [0.05, 0.1) is 25.5 Å². The van der Waals surface area contributed by atoms with Gasteiger partial charge in [-0.3, -0.25) is 4.79 Å². The number of hydrogen-bond donors (Lipinski definition) is 1. The van der Waals surface area contributed by atoms with Crippen molar-refractivity contribution < 1.29 is 13.9 Å². The molecule has 26 heavy (non-hydrogen) atoms. The zero-order valence-corrected chi connectivity index (χ0v) is 15.7. The van der Waals surface area contributed by atoms with Crippen molar-refractivity contribution in [3.05, 3.63) is 82.2 Å². The highest BCUT2D eigenvalue weighted by Crippen LogP contribution is 2.38. The lowest BCUT2D eigenvalue weighted by atomic mass is 10.0. The van der Waals surface area contributed by atoms with Gasteiger partial charge in [-0.2, -0.15) is 0 Å². The van der Waals surface area contributed by atoms with Gasteiger partial charge >= 0.3 is 0 Å². The number of nitrogens with zero attached hydrogens (tertiary/aromatic N) is 1. The zero-order chi connectivity index (χ0) is 18.1. The van der Waals surface area contributed by atoms with Gasteiger partial charge in [-0.1, -0.05) is 28.1 Å². The molecule has 0 aliphatic carbocycles. The molecule has 0 saturated heterocycles. The Balaban J connectivity index is 1.82. The minimum Gasteiger partial charge on any atom is -0.496 e. The van der Waals surface area contributed by atoms with Gasteiger partial charge in [-0.05, 0) is 42.5 Å². The van der Waals surface area contributed by atoms with Gasteiger partial charge in [0.15, 0.2) is 0 Å². The number of para-hydroxylation sites is 1. The van der Waals surface area contributed by atoms with Crippen molar-refractivity contribution >= 4 is 27.5 Å². The molecule has 0 unspecified atom stereocenters. The minimum absolute atomic E-state index is 0.0530. The van der Waals surface area contributed by atoms with Crippen LogP contribution in [0.1, 0.15) is 27.8 Å². The average molecular weight is 413 g/mol. The maximum atomic E-state index is 13.2. The van der Waals surface area contributed by atoms with Crippen LogP contribution in [0.25, 0.3) is 0 Å². The number of rotatable bonds is 4. The van der Waals surface area contributed by atoms with Crippen LogP contribution >= 0.6 is 15.9 Å². The number of furan rings is 1. The van der Waals surface area contributed by atoms with Crippen LogP contribution in [-0.4, -0.2) is 17.9 Å². The summed E-state index contributed by atoms with van der Waals surface area (Å²) in [5, 5.41) is 3.47. The Bertz CT molecular complexity index is 940. The van der Waals surface area contributed by atoms with Crippen molar-refractivity contribution in [2.75, 3.05) is 12.4 Å². The van der Waals surface area contributed by atoms with Gasteiger partial charge in [0.1, 0.15) is 17.7 Å². The molecular formula is C20H17BrN2O3. The predicted octanol–water partition coefficient (Wildman–Crippen LogP) is 4.82. The largest absolute Gasteiger partial charge is 0.496 e. The molecule has 132 valence electrons. The summed E-state index contributed by atoms with van der Waals surface area (Å²) < 4.78 is 11.9. The molecule has 2 aromatic carbocycles. The summed E-state index contributed by atoms with van der Waals surface area (Å²) in [4.78, 5) is 15.0. The molecule has 0 fully saturated rings. The second kappa shape index (κ2) is 6.88. The monoisotopic (exact) mass is 412 g/mol. The zero-order valence-electron chi connectivity index (χ0n) is 14.1. The number of fused-ring (bicyclic) bond motifs is 1. The summed E-state index contributed by atoms with van der Waals surface area (Å²) in [6.07, 6.45) is 1.23. The molecule has 2 heterocycles. The number of benzene rings is 2. The Morgan fingerprint density at radius 3 is 2.81 bits per heavy atom. The third-order valence-electron chi connectivity index (χ3n) is 4.41. The van der Waals surface area contributed by atoms with Gasteiger partial charge in [-0.15, -0.1) is 0 Å². The normalized spacial score (nSPS) is 16.2. The van der Waals surface area contributed by atoms with Gasteiger partial charge in [0, 0.05) is 15.7 Å². The van der Waals surface area contributed by atoms with Gasteiger partial charge in [0.2, 0.25) is 0 Å². The number of nitrogens with one attached hydrogen (secondary N) is 1. The molecule has 1 amide bonds. The van der Waals surface area contributed by atoms with Gasteiger partial charge in [-0.25, -0.2) is 0 Å². The van der Waals surface area contributed by atoms with Crippen LogP contribution in [0.3, 0.4) is 0 Å². The molecular weight excluding hydrogens is 396 g/mol. The molecule has 5 nitrogen and oxygen atoms in total. The van der Waals surface area contributed by atoms with Crippen molar-refractivity contribution in [1.29, 1.82) is 0 Å². The number of ether oxygens (including phenoxy) is 1. The van der Waals surface area contributed by atoms with Crippen LogP contribution in [0.4, 0.5) is 5.69 Å². The van der Waals surface area contributed by atoms with E-state index in [0.717, 1.165) is 21.5 Å². The SMILES string of the molecule is COc1ccc(Br)cc1[C@H]1Nc2ccccc2C(=O)N1Cc1ccco1. The molecule has 6 heteroatoms. The van der Waals surface area contributed by atoms with Gasteiger partial charge in [0.25, 0.3) is 5.91 Å². The first-order valence-electron chi connectivity index (χ1n) is 8.19. The van der Waals surface area contributed by atoms with Gasteiger partial charge < -0.3 is 19.4 Å². The Kier molecular flexibility index (Phi) is 4.42. The fourth-order valence-electron chi connectivity index (χ4n) is 3.19. The number of anilines is 1. The van der Waals surface area contributed by atoms with E-state index < -0.39 is 0 Å². The molecule has 0 bridgehead atoms. The first-order valence-corrected chi connectivity index (χ1v) is 8.99. The summed E-state index contributed by atoms with van der Waals surface area (Å²) >= 11 is 3.51. The molecule has 1 atom stereocenters. The fraction of sp³-hybridized carbons (Fsp3) is 0.150. The topological polar surface area (TPSA) is 54.7 Å². The first kappa shape index (κ1) is 16.7. The Morgan fingerprint density at radius 1 is 1.19 bits per heavy atom. The van der Waals surface area contributed by atoms with E-state index in [4.69, 9.17) is 9.15 Å². The molecule has 0 spiro atoms. The Hall–Kier alpha value is -2.73. The van der Waals surface area contributed by atoms with Crippen LogP contribution in [0.2, 0.25) is 0 Å². The smallest absolute Gasteiger partial charge is 0.258 e. The fourth-order valence-corrected chi connectivity index (χ4v) is 3.57. The highest BCUT2D eigenvalue weighted by atomic mass is 79.9. The van der Waals surface area contributed by atoms with E-state index in [9.17, 15) is 4.79 Å². The lowest BCUT2D eigenvalue weighted by Gasteiger charge is -2.38. The Labute approximate surface area is 159 Å². The highest BCUT2D eigenvalue weighted by Gasteiger charge is 2.34. The molecule has 0 radical (unpaired) electrons. The summed E-state index contributed by atoms with van der Waals surface area (Å²) in [7, 11) is 1.63. The second-order valence-corrected chi connectivity index (χ2v) is 6.91. The van der Waals surface area contributed by atoms with Crippen LogP contribution in [0.5, 0.6) is 5.75 Å². The molecule has 1 aliphatic rings. The quantitative estimate of drug-likeness (QED) is 0.667. The van der Waals surface area contributed by atoms with E-state index >= 15 is 0 Å². The summed E-state index contributed by atoms with van der Waals surface area (Å²) in [6.45, 7) is 0.355. The average Bonchev–Trinajstić information content (AvgIpc) is 3.17. The van der Waals surface area contributed by atoms with Crippen LogP contribution in [-0.2, 0) is 6.54 Å². The molecule has 4 rings (SSSR count). The summed E-state index contributed by atoms with van der Waals surface area (Å²) in [5.74, 6) is 1.38. The molecule has 0 saturated carbocycles. The summed E-state index contributed by atoms with van der Waals surface area (Å²) in [6, 6.07) is 17.0. The first-order chi connectivity index (χ1) is 12.7. The van der Waals surface area contributed by atoms with E-state index in [1.165, 1.54) is 0 Å². The number of carbonyl (C=O) groups excluding carboxylic acids is 1. The number of hydrogen-bond acceptors (Lipinski definition) is 4. The van der Waals surface area contributed by atoms with Crippen LogP contribution in [0.15, 0.2) is 69.8 Å². The van der Waals surface area contributed by atoms with Crippen molar-refractivity contribution in [1.82, 2.24) is 4.90 Å². The van der Waals surface area contributed by atoms with E-state index in [-0.39, 0.29) is 12.1 Å². The van der Waals surface area contributed by atoms with E-state index in [2.05, 4.69) is 21.2 Å². The minimum atomic E-state index is -0.380. The standard InChI is InChI=1S/C20H17BrN2O3/c1-25-18-9-8-13(21)11-16(18)19-22-17-7-3-2-6-15(17)20(24)23(19)12-14-5-4-10-26-14/h2-11,19,22H,12H2,1H3/t19-/m0/s1. The molecule has 1 N–H and O–H groups in total. The lowest BCUT2D eigenvalue weighted by molar-refractivity contribution is 0.0649. The van der Waals surface area contributed by atoms with Crippen LogP contribution < -0.4 is 10.1 Å². The number of methoxy groups -OCH3 is 1. The third-order valence-corrected chi connectivity index (χ3v) is 4.91. The third kappa shape index (κ3) is 2.97. The second-order valence-electron chi connectivity index (χ2n) is 5.99.